The van der Waals surface area contributed by atoms with Crippen molar-refractivity contribution in [2.45, 2.75) is 32.0 Å². The lowest BCUT2D eigenvalue weighted by Gasteiger charge is -2.17. The fourth-order valence-electron chi connectivity index (χ4n) is 1.73. The number of nitrogens with zero attached hydrogens (tertiary/aromatic N) is 2. The summed E-state index contributed by atoms with van der Waals surface area (Å²) in [6.45, 7) is 3.74. The topological polar surface area (TPSA) is 51.0 Å². The second-order valence-electron chi connectivity index (χ2n) is 5.27. The number of aromatic nitrogens is 2. The van der Waals surface area contributed by atoms with Crippen molar-refractivity contribution in [2.24, 2.45) is 0 Å². The Morgan fingerprint density at radius 3 is 2.57 bits per heavy atom. The van der Waals surface area contributed by atoms with E-state index in [0.717, 1.165) is 12.1 Å². The Morgan fingerprint density at radius 1 is 1.24 bits per heavy atom. The molecule has 1 heterocycles. The Bertz CT molecular complexity index is 620. The van der Waals surface area contributed by atoms with Gasteiger partial charge in [-0.05, 0) is 32.5 Å². The van der Waals surface area contributed by atoms with Crippen LogP contribution in [-0.2, 0) is 18.1 Å². The van der Waals surface area contributed by atoms with Gasteiger partial charge in [-0.25, -0.2) is 0 Å². The Morgan fingerprint density at radius 2 is 1.95 bits per heavy atom. The Labute approximate surface area is 120 Å². The van der Waals surface area contributed by atoms with E-state index in [4.69, 9.17) is 4.52 Å². The summed E-state index contributed by atoms with van der Waals surface area (Å²) in [5.41, 5.74) is -0.683. The van der Waals surface area contributed by atoms with Crippen LogP contribution in [0.1, 0.15) is 36.7 Å². The maximum absolute atomic E-state index is 12.7. The van der Waals surface area contributed by atoms with Gasteiger partial charge in [0.1, 0.15) is 0 Å². The molecule has 0 unspecified atom stereocenters. The predicted octanol–water partition coefficient (Wildman–Crippen LogP) is 3.13. The molecule has 7 heteroatoms. The van der Waals surface area contributed by atoms with Crippen LogP contribution in [0.5, 0.6) is 0 Å². The van der Waals surface area contributed by atoms with Gasteiger partial charge in [0.2, 0.25) is 5.89 Å². The zero-order valence-corrected chi connectivity index (χ0v) is 12.0. The van der Waals surface area contributed by atoms with Crippen LogP contribution in [0.25, 0.3) is 0 Å². The van der Waals surface area contributed by atoms with Crippen molar-refractivity contribution >= 4 is 0 Å². The van der Waals surface area contributed by atoms with E-state index in [2.05, 4.69) is 15.5 Å². The third kappa shape index (κ3) is 3.60. The van der Waals surface area contributed by atoms with Crippen molar-refractivity contribution in [2.75, 3.05) is 7.05 Å². The number of halogens is 3. The Kier molecular flexibility index (Phi) is 4.04. The lowest BCUT2D eigenvalue weighted by Crippen LogP contribution is -2.33. The second-order valence-corrected chi connectivity index (χ2v) is 5.27. The number of hydrogen-bond acceptors (Lipinski definition) is 4. The van der Waals surface area contributed by atoms with Crippen molar-refractivity contribution in [1.82, 2.24) is 15.5 Å². The zero-order valence-electron chi connectivity index (χ0n) is 12.0. The summed E-state index contributed by atoms with van der Waals surface area (Å²) >= 11 is 0. The molecule has 0 aliphatic rings. The van der Waals surface area contributed by atoms with E-state index in [9.17, 15) is 13.2 Å². The maximum atomic E-state index is 12.7. The molecule has 114 valence electrons. The Balaban J connectivity index is 2.20. The van der Waals surface area contributed by atoms with Gasteiger partial charge in [0.05, 0.1) is 11.1 Å². The molecule has 1 N–H and O–H groups in total. The van der Waals surface area contributed by atoms with Crippen LogP contribution < -0.4 is 5.32 Å². The van der Waals surface area contributed by atoms with E-state index >= 15 is 0 Å². The van der Waals surface area contributed by atoms with Gasteiger partial charge in [-0.2, -0.15) is 18.2 Å². The highest BCUT2D eigenvalue weighted by molar-refractivity contribution is 5.27. The van der Waals surface area contributed by atoms with Crippen molar-refractivity contribution in [3.8, 4) is 0 Å². The van der Waals surface area contributed by atoms with Crippen LogP contribution >= 0.6 is 0 Å². The lowest BCUT2D eigenvalue weighted by atomic mass is 10.1. The van der Waals surface area contributed by atoms with Gasteiger partial charge in [-0.15, -0.1) is 0 Å². The molecule has 0 amide bonds. The fourth-order valence-corrected chi connectivity index (χ4v) is 1.73. The third-order valence-corrected chi connectivity index (χ3v) is 3.24. The molecule has 0 fully saturated rings. The van der Waals surface area contributed by atoms with Gasteiger partial charge in [0.15, 0.2) is 5.82 Å². The molecule has 21 heavy (non-hydrogen) atoms. The molecule has 4 nitrogen and oxygen atoms in total. The molecular formula is C14H16F3N3O. The van der Waals surface area contributed by atoms with Crippen LogP contribution in [0.3, 0.4) is 0 Å². The van der Waals surface area contributed by atoms with Crippen molar-refractivity contribution in [1.29, 1.82) is 0 Å². The molecule has 0 spiro atoms. The molecule has 2 rings (SSSR count). The smallest absolute Gasteiger partial charge is 0.337 e. The average Bonchev–Trinajstić information content (AvgIpc) is 2.87. The summed E-state index contributed by atoms with van der Waals surface area (Å²) < 4.78 is 43.1. The van der Waals surface area contributed by atoms with Crippen LogP contribution in [0, 0.1) is 0 Å². The maximum Gasteiger partial charge on any atom is 0.416 e. The number of alkyl halides is 3. The van der Waals surface area contributed by atoms with Gasteiger partial charge in [-0.3, -0.25) is 0 Å². The van der Waals surface area contributed by atoms with E-state index < -0.39 is 17.3 Å². The normalized spacial score (nSPS) is 12.7. The molecule has 1 aromatic carbocycles. The molecule has 0 aliphatic heterocycles. The minimum Gasteiger partial charge on any atom is -0.337 e. The molecular weight excluding hydrogens is 283 g/mol. The lowest BCUT2D eigenvalue weighted by molar-refractivity contribution is -0.137. The van der Waals surface area contributed by atoms with Crippen LogP contribution in [0.4, 0.5) is 13.2 Å². The minimum absolute atomic E-state index is 0.188. The summed E-state index contributed by atoms with van der Waals surface area (Å²) in [5.74, 6) is 0.750. The Hall–Kier alpha value is -1.89. The first-order chi connectivity index (χ1) is 9.72. The highest BCUT2D eigenvalue weighted by atomic mass is 19.4. The summed E-state index contributed by atoms with van der Waals surface area (Å²) in [6, 6.07) is 5.11. The molecule has 0 aliphatic carbocycles. The van der Waals surface area contributed by atoms with Crippen LogP contribution in [-0.4, -0.2) is 17.2 Å². The quantitative estimate of drug-likeness (QED) is 0.942. The fraction of sp³-hybridized carbons (Fsp3) is 0.429. The van der Waals surface area contributed by atoms with Gasteiger partial charge in [0, 0.05) is 6.42 Å². The molecule has 0 bridgehead atoms. The van der Waals surface area contributed by atoms with E-state index in [0.29, 0.717) is 17.3 Å². The minimum atomic E-state index is -4.35. The summed E-state index contributed by atoms with van der Waals surface area (Å²) in [4.78, 5) is 4.22. The molecule has 0 atom stereocenters. The standard InChI is InChI=1S/C14H16F3N3O/c1-13(2,18-3)12-19-11(20-21-12)8-9-5-4-6-10(7-9)14(15,16)17/h4-7,18H,8H2,1-3H3. The first kappa shape index (κ1) is 15.5. The van der Waals surface area contributed by atoms with Crippen molar-refractivity contribution in [3.05, 3.63) is 47.1 Å². The van der Waals surface area contributed by atoms with E-state index in [-0.39, 0.29) is 6.42 Å². The highest BCUT2D eigenvalue weighted by Gasteiger charge is 2.30. The third-order valence-electron chi connectivity index (χ3n) is 3.24. The van der Waals surface area contributed by atoms with E-state index in [1.807, 2.05) is 13.8 Å². The number of rotatable bonds is 4. The first-order valence-corrected chi connectivity index (χ1v) is 6.40. The van der Waals surface area contributed by atoms with Crippen LogP contribution in [0.2, 0.25) is 0 Å². The number of benzene rings is 1. The molecule has 2 aromatic rings. The zero-order chi connectivity index (χ0) is 15.7. The molecule has 0 radical (unpaired) electrons. The largest absolute Gasteiger partial charge is 0.416 e. The van der Waals surface area contributed by atoms with Crippen LogP contribution in [0.15, 0.2) is 28.8 Å². The monoisotopic (exact) mass is 299 g/mol. The molecule has 0 saturated heterocycles. The number of hydrogen-bond donors (Lipinski definition) is 1. The van der Waals surface area contributed by atoms with Gasteiger partial charge in [0.25, 0.3) is 0 Å². The van der Waals surface area contributed by atoms with Crippen molar-refractivity contribution in [3.63, 3.8) is 0 Å². The first-order valence-electron chi connectivity index (χ1n) is 6.40. The SMILES string of the molecule is CNC(C)(C)c1nc(Cc2cccc(C(F)(F)F)c2)no1. The summed E-state index contributed by atoms with van der Waals surface area (Å²) in [5, 5.41) is 6.83. The predicted molar refractivity (Wildman–Crippen MR) is 70.6 cm³/mol. The highest BCUT2D eigenvalue weighted by Crippen LogP contribution is 2.30. The van der Waals surface area contributed by atoms with Gasteiger partial charge >= 0.3 is 6.18 Å². The summed E-state index contributed by atoms with van der Waals surface area (Å²) in [7, 11) is 1.76. The van der Waals surface area contributed by atoms with Gasteiger partial charge < -0.3 is 9.84 Å². The molecule has 0 saturated carbocycles. The molecule has 1 aromatic heterocycles. The second kappa shape index (κ2) is 5.48. The average molecular weight is 299 g/mol. The number of nitrogens with one attached hydrogen (secondary N) is 1. The summed E-state index contributed by atoms with van der Waals surface area (Å²) in [6.07, 6.45) is -4.17. The van der Waals surface area contributed by atoms with Gasteiger partial charge in [-0.1, -0.05) is 23.4 Å². The van der Waals surface area contributed by atoms with Crippen molar-refractivity contribution < 1.29 is 17.7 Å². The van der Waals surface area contributed by atoms with E-state index in [1.165, 1.54) is 6.07 Å². The van der Waals surface area contributed by atoms with E-state index in [1.54, 1.807) is 13.1 Å².